The first-order valence-electron chi connectivity index (χ1n) is 11.6. The van der Waals surface area contributed by atoms with Crippen molar-refractivity contribution in [3.8, 4) is 21.1 Å². The zero-order chi connectivity index (χ0) is 27.7. The lowest BCUT2D eigenvalue weighted by atomic mass is 10.0. The van der Waals surface area contributed by atoms with Crippen LogP contribution in [0.4, 0.5) is 0 Å². The number of sulfonamides is 1. The maximum Gasteiger partial charge on any atom is 0.273 e. The minimum absolute atomic E-state index is 0.0167. The van der Waals surface area contributed by atoms with Crippen molar-refractivity contribution in [1.82, 2.24) is 24.6 Å². The highest BCUT2D eigenvalue weighted by molar-refractivity contribution is 7.89. The number of thiazole rings is 1. The van der Waals surface area contributed by atoms with Crippen molar-refractivity contribution in [1.29, 1.82) is 0 Å². The molecule has 3 aromatic rings. The minimum atomic E-state index is -3.91. The Morgan fingerprint density at radius 2 is 1.81 bits per heavy atom. The smallest absolute Gasteiger partial charge is 0.273 e. The molecule has 0 bridgehead atoms. The summed E-state index contributed by atoms with van der Waals surface area (Å²) in [5.41, 5.74) is 0.102. The molecule has 2 heterocycles. The predicted molar refractivity (Wildman–Crippen MR) is 147 cm³/mol. The van der Waals surface area contributed by atoms with Gasteiger partial charge in [0.15, 0.2) is 0 Å². The van der Waals surface area contributed by atoms with Crippen molar-refractivity contribution in [3.63, 3.8) is 0 Å². The lowest BCUT2D eigenvalue weighted by Crippen LogP contribution is -2.31. The number of rotatable bonds is 9. The molecule has 9 nitrogen and oxygen atoms in total. The van der Waals surface area contributed by atoms with Gasteiger partial charge in [0.1, 0.15) is 33.2 Å². The summed E-state index contributed by atoms with van der Waals surface area (Å²) in [6.45, 7) is 11.2. The fourth-order valence-electron chi connectivity index (χ4n) is 3.52. The molecule has 0 saturated carbocycles. The Morgan fingerprint density at radius 1 is 1.16 bits per heavy atom. The zero-order valence-corrected chi connectivity index (χ0v) is 24.5. The molecule has 1 amide bonds. The van der Waals surface area contributed by atoms with Crippen LogP contribution in [0.25, 0.3) is 21.1 Å². The molecule has 37 heavy (non-hydrogen) atoms. The quantitative estimate of drug-likeness (QED) is 0.363. The first-order chi connectivity index (χ1) is 17.2. The minimum Gasteiger partial charge on any atom is -0.384 e. The maximum atomic E-state index is 13.4. The van der Waals surface area contributed by atoms with E-state index in [1.165, 1.54) is 18.5 Å². The van der Waals surface area contributed by atoms with E-state index in [1.807, 2.05) is 13.8 Å². The predicted octanol–water partition coefficient (Wildman–Crippen LogP) is 4.97. The normalized spacial score (nSPS) is 12.3. The van der Waals surface area contributed by atoms with Gasteiger partial charge in [-0.1, -0.05) is 29.3 Å². The number of hydrogen-bond acceptors (Lipinski definition) is 8. The highest BCUT2D eigenvalue weighted by Crippen LogP contribution is 2.43. The second kappa shape index (κ2) is 11.3. The van der Waals surface area contributed by atoms with Crippen molar-refractivity contribution < 1.29 is 18.3 Å². The second-order valence-electron chi connectivity index (χ2n) is 9.04. The number of hydrogen-bond donors (Lipinski definition) is 2. The van der Waals surface area contributed by atoms with Crippen LogP contribution in [0.2, 0.25) is 10.0 Å². The zero-order valence-electron chi connectivity index (χ0n) is 21.3. The summed E-state index contributed by atoms with van der Waals surface area (Å²) in [4.78, 5) is 28.3. The Kier molecular flexibility index (Phi) is 8.98. The molecule has 0 aliphatic heterocycles. The van der Waals surface area contributed by atoms with Crippen LogP contribution in [0.5, 0.6) is 0 Å². The molecule has 0 saturated heterocycles. The fraction of sp³-hybridized carbons (Fsp3) is 0.417. The van der Waals surface area contributed by atoms with E-state index in [2.05, 4.69) is 19.7 Å². The van der Waals surface area contributed by atoms with Crippen LogP contribution in [0.15, 0.2) is 29.4 Å². The third-order valence-corrected chi connectivity index (χ3v) is 9.17. The number of amides is 1. The Balaban J connectivity index is 2.23. The van der Waals surface area contributed by atoms with Crippen LogP contribution in [0.3, 0.4) is 0 Å². The van der Waals surface area contributed by atoms with E-state index in [-0.39, 0.29) is 32.6 Å². The fourth-order valence-corrected chi connectivity index (χ4v) is 6.74. The molecular weight excluding hydrogens is 557 g/mol. The topological polar surface area (TPSA) is 125 Å². The molecule has 0 atom stereocenters. The number of aromatic nitrogens is 3. The summed E-state index contributed by atoms with van der Waals surface area (Å²) in [5, 5.41) is 10.6. The Hall–Kier alpha value is -2.15. The van der Waals surface area contributed by atoms with Gasteiger partial charge in [0.2, 0.25) is 10.0 Å². The number of aliphatic hydroxyl groups is 1. The second-order valence-corrected chi connectivity index (χ2v) is 12.5. The van der Waals surface area contributed by atoms with E-state index in [0.29, 0.717) is 39.9 Å². The molecular formula is C24H29Cl2N5O4S2. The van der Waals surface area contributed by atoms with E-state index >= 15 is 0 Å². The molecule has 200 valence electrons. The van der Waals surface area contributed by atoms with Gasteiger partial charge in [-0.3, -0.25) is 4.79 Å². The van der Waals surface area contributed by atoms with Gasteiger partial charge in [-0.25, -0.2) is 28.1 Å². The first kappa shape index (κ1) is 29.4. The van der Waals surface area contributed by atoms with Gasteiger partial charge in [-0.15, -0.1) is 11.3 Å². The number of nitrogens with zero attached hydrogens (tertiary/aromatic N) is 4. The van der Waals surface area contributed by atoms with Crippen molar-refractivity contribution >= 4 is 50.5 Å². The molecule has 2 aromatic heterocycles. The van der Waals surface area contributed by atoms with E-state index in [0.717, 1.165) is 11.3 Å². The first-order valence-corrected chi connectivity index (χ1v) is 14.6. The molecule has 0 spiro atoms. The van der Waals surface area contributed by atoms with Gasteiger partial charge in [0, 0.05) is 24.7 Å². The van der Waals surface area contributed by atoms with Crippen LogP contribution in [0, 0.1) is 0 Å². The van der Waals surface area contributed by atoms with Crippen LogP contribution >= 0.6 is 34.5 Å². The molecule has 0 radical (unpaired) electrons. The Labute approximate surface area is 230 Å². The third kappa shape index (κ3) is 6.30. The van der Waals surface area contributed by atoms with Crippen molar-refractivity contribution in [3.05, 3.63) is 46.0 Å². The largest absolute Gasteiger partial charge is 0.384 e. The monoisotopic (exact) mass is 585 g/mol. The van der Waals surface area contributed by atoms with Crippen molar-refractivity contribution in [2.75, 3.05) is 13.1 Å². The van der Waals surface area contributed by atoms with Crippen LogP contribution in [-0.4, -0.2) is 58.4 Å². The van der Waals surface area contributed by atoms with E-state index in [4.69, 9.17) is 23.2 Å². The van der Waals surface area contributed by atoms with Gasteiger partial charge in [0.25, 0.3) is 5.91 Å². The van der Waals surface area contributed by atoms with Gasteiger partial charge in [-0.05, 0) is 53.7 Å². The number of benzene rings is 1. The standard InChI is InChI=1S/C24H29Cl2N5O4S2/c1-7-31(8-2)23(32)20-21(36-22(29-20)15-11-17(24(5,6)33)28-12-27-15)14-9-10-16(19(26)18(14)25)37(34,35)30-13(3)4/h9-13,30,33H,7-8H2,1-6H3. The third-order valence-electron chi connectivity index (χ3n) is 5.37. The molecule has 2 N–H and O–H groups in total. The summed E-state index contributed by atoms with van der Waals surface area (Å²) in [5.74, 6) is -0.315. The van der Waals surface area contributed by atoms with E-state index in [1.54, 1.807) is 38.7 Å². The summed E-state index contributed by atoms with van der Waals surface area (Å²) in [6, 6.07) is 4.14. The molecule has 1 aromatic carbocycles. The summed E-state index contributed by atoms with van der Waals surface area (Å²) < 4.78 is 28.0. The van der Waals surface area contributed by atoms with Gasteiger partial charge in [0.05, 0.1) is 20.6 Å². The van der Waals surface area contributed by atoms with Crippen molar-refractivity contribution in [2.24, 2.45) is 0 Å². The molecule has 0 aliphatic carbocycles. The van der Waals surface area contributed by atoms with Gasteiger partial charge in [-0.2, -0.15) is 0 Å². The van der Waals surface area contributed by atoms with Gasteiger partial charge < -0.3 is 10.0 Å². The summed E-state index contributed by atoms with van der Waals surface area (Å²) in [7, 11) is -3.91. The number of nitrogens with one attached hydrogen (secondary N) is 1. The average molecular weight is 587 g/mol. The summed E-state index contributed by atoms with van der Waals surface area (Å²) >= 11 is 14.2. The summed E-state index contributed by atoms with van der Waals surface area (Å²) in [6.07, 6.45) is 1.32. The Bertz CT molecular complexity index is 1410. The lowest BCUT2D eigenvalue weighted by Gasteiger charge is -2.18. The molecule has 0 aliphatic rings. The SMILES string of the molecule is CCN(CC)C(=O)c1nc(-c2cc(C(C)(C)O)ncn2)sc1-c1ccc(S(=O)(=O)NC(C)C)c(Cl)c1Cl. The lowest BCUT2D eigenvalue weighted by molar-refractivity contribution is 0.0736. The van der Waals surface area contributed by atoms with Crippen LogP contribution < -0.4 is 4.72 Å². The molecule has 13 heteroatoms. The highest BCUT2D eigenvalue weighted by atomic mass is 35.5. The Morgan fingerprint density at radius 3 is 2.38 bits per heavy atom. The van der Waals surface area contributed by atoms with E-state index < -0.39 is 15.6 Å². The molecule has 0 fully saturated rings. The number of carbonyl (C=O) groups is 1. The maximum absolute atomic E-state index is 13.4. The van der Waals surface area contributed by atoms with Crippen LogP contribution in [-0.2, 0) is 15.6 Å². The molecule has 3 rings (SSSR count). The molecule has 0 unspecified atom stereocenters. The van der Waals surface area contributed by atoms with E-state index in [9.17, 15) is 18.3 Å². The highest BCUT2D eigenvalue weighted by Gasteiger charge is 2.29. The van der Waals surface area contributed by atoms with Crippen LogP contribution in [0.1, 0.15) is 57.7 Å². The number of carbonyl (C=O) groups excluding carboxylic acids is 1. The average Bonchev–Trinajstić information content (AvgIpc) is 3.25. The van der Waals surface area contributed by atoms with Crippen molar-refractivity contribution in [2.45, 2.75) is 58.1 Å². The number of halogens is 2. The van der Waals surface area contributed by atoms with Gasteiger partial charge >= 0.3 is 0 Å².